The minimum absolute atomic E-state index is 0.0143. The van der Waals surface area contributed by atoms with Gasteiger partial charge in [-0.2, -0.15) is 11.8 Å². The summed E-state index contributed by atoms with van der Waals surface area (Å²) >= 11 is 1.96. The van der Waals surface area contributed by atoms with Crippen molar-refractivity contribution < 1.29 is 4.79 Å². The maximum absolute atomic E-state index is 11.3. The molecule has 0 saturated heterocycles. The highest BCUT2D eigenvalue weighted by Gasteiger charge is 2.32. The predicted molar refractivity (Wildman–Crippen MR) is 84.1 cm³/mol. The second-order valence-corrected chi connectivity index (χ2v) is 6.58. The fraction of sp³-hybridized carbons (Fsp3) is 0.533. The van der Waals surface area contributed by atoms with Crippen LogP contribution >= 0.6 is 11.8 Å². The molecule has 1 aromatic carbocycles. The minimum Gasteiger partial charge on any atom is -0.398 e. The Hall–Kier alpha value is -1.16. The molecule has 0 aromatic heterocycles. The Morgan fingerprint density at radius 3 is 2.63 bits per heavy atom. The molecule has 104 valence electrons. The molecule has 1 fully saturated rings. The van der Waals surface area contributed by atoms with E-state index in [2.05, 4.69) is 11.6 Å². The molecule has 3 nitrogen and oxygen atoms in total. The zero-order chi connectivity index (χ0) is 13.9. The van der Waals surface area contributed by atoms with E-state index < -0.39 is 0 Å². The summed E-state index contributed by atoms with van der Waals surface area (Å²) in [5, 5.41) is 3.47. The van der Waals surface area contributed by atoms with Gasteiger partial charge in [-0.05, 0) is 44.2 Å². The second-order valence-electron chi connectivity index (χ2n) is 5.31. The van der Waals surface area contributed by atoms with E-state index in [1.54, 1.807) is 13.0 Å². The SMILES string of the molecule is CSC1(CNc2ccc(C(C)=O)c(N)c2)CCCC1. The van der Waals surface area contributed by atoms with Crippen LogP contribution in [0.4, 0.5) is 11.4 Å². The number of carbonyl (C=O) groups excluding carboxylic acids is 1. The van der Waals surface area contributed by atoms with Gasteiger partial charge in [0.1, 0.15) is 0 Å². The summed E-state index contributed by atoms with van der Waals surface area (Å²) < 4.78 is 0.369. The van der Waals surface area contributed by atoms with Gasteiger partial charge in [0.2, 0.25) is 0 Å². The summed E-state index contributed by atoms with van der Waals surface area (Å²) in [5.74, 6) is 0.0143. The van der Waals surface area contributed by atoms with Crippen LogP contribution in [0.2, 0.25) is 0 Å². The van der Waals surface area contributed by atoms with E-state index in [1.165, 1.54) is 25.7 Å². The van der Waals surface area contributed by atoms with Gasteiger partial charge < -0.3 is 11.1 Å². The number of hydrogen-bond acceptors (Lipinski definition) is 4. The van der Waals surface area contributed by atoms with Crippen molar-refractivity contribution >= 4 is 28.9 Å². The molecule has 1 aliphatic rings. The Kier molecular flexibility index (Phi) is 4.40. The third-order valence-electron chi connectivity index (χ3n) is 3.99. The quantitative estimate of drug-likeness (QED) is 0.639. The lowest BCUT2D eigenvalue weighted by molar-refractivity contribution is 0.101. The van der Waals surface area contributed by atoms with E-state index in [4.69, 9.17) is 5.73 Å². The van der Waals surface area contributed by atoms with E-state index in [-0.39, 0.29) is 5.78 Å². The lowest BCUT2D eigenvalue weighted by atomic mass is 10.1. The number of nitrogen functional groups attached to an aromatic ring is 1. The van der Waals surface area contributed by atoms with Crippen molar-refractivity contribution in [3.05, 3.63) is 23.8 Å². The number of Topliss-reactive ketones (excluding diaryl/α,β-unsaturated/α-hetero) is 1. The van der Waals surface area contributed by atoms with Gasteiger partial charge in [-0.25, -0.2) is 0 Å². The van der Waals surface area contributed by atoms with Crippen molar-refractivity contribution in [3.63, 3.8) is 0 Å². The maximum Gasteiger partial charge on any atom is 0.161 e. The first-order valence-corrected chi connectivity index (χ1v) is 7.98. The molecule has 0 unspecified atom stereocenters. The first-order valence-electron chi connectivity index (χ1n) is 6.76. The van der Waals surface area contributed by atoms with Crippen LogP contribution in [0, 0.1) is 0 Å². The van der Waals surface area contributed by atoms with Crippen LogP contribution < -0.4 is 11.1 Å². The van der Waals surface area contributed by atoms with Crippen molar-refractivity contribution in [1.29, 1.82) is 0 Å². The molecule has 0 atom stereocenters. The average Bonchev–Trinajstić information content (AvgIpc) is 2.85. The second kappa shape index (κ2) is 5.87. The number of rotatable bonds is 5. The van der Waals surface area contributed by atoms with Gasteiger partial charge in [-0.15, -0.1) is 0 Å². The highest BCUT2D eigenvalue weighted by molar-refractivity contribution is 8.00. The summed E-state index contributed by atoms with van der Waals surface area (Å²) in [6, 6.07) is 5.61. The fourth-order valence-corrected chi connectivity index (χ4v) is 3.64. The van der Waals surface area contributed by atoms with E-state index in [9.17, 15) is 4.79 Å². The van der Waals surface area contributed by atoms with E-state index in [0.717, 1.165) is 12.2 Å². The van der Waals surface area contributed by atoms with Gasteiger partial charge in [0.15, 0.2) is 5.78 Å². The predicted octanol–water partition coefficient (Wildman–Crippen LogP) is 3.56. The smallest absolute Gasteiger partial charge is 0.161 e. The number of carbonyl (C=O) groups is 1. The number of benzene rings is 1. The number of ketones is 1. The number of thioether (sulfide) groups is 1. The molecular formula is C15H22N2OS. The molecule has 2 rings (SSSR count). The Morgan fingerprint density at radius 2 is 2.11 bits per heavy atom. The van der Waals surface area contributed by atoms with E-state index in [0.29, 0.717) is 16.0 Å². The van der Waals surface area contributed by atoms with Crippen molar-refractivity contribution in [2.24, 2.45) is 0 Å². The molecular weight excluding hydrogens is 256 g/mol. The number of hydrogen-bond donors (Lipinski definition) is 2. The van der Waals surface area contributed by atoms with E-state index >= 15 is 0 Å². The summed E-state index contributed by atoms with van der Waals surface area (Å²) in [7, 11) is 0. The van der Waals surface area contributed by atoms with Gasteiger partial charge in [-0.3, -0.25) is 4.79 Å². The van der Waals surface area contributed by atoms with Gasteiger partial charge in [0, 0.05) is 28.2 Å². The lowest BCUT2D eigenvalue weighted by Crippen LogP contribution is -2.30. The van der Waals surface area contributed by atoms with Gasteiger partial charge in [0.25, 0.3) is 0 Å². The molecule has 0 spiro atoms. The van der Waals surface area contributed by atoms with Crippen LogP contribution in [0.15, 0.2) is 18.2 Å². The van der Waals surface area contributed by atoms with Crippen LogP contribution in [-0.2, 0) is 0 Å². The van der Waals surface area contributed by atoms with E-state index in [1.807, 2.05) is 23.9 Å². The molecule has 1 aromatic rings. The van der Waals surface area contributed by atoms with Gasteiger partial charge in [0.05, 0.1) is 0 Å². The summed E-state index contributed by atoms with van der Waals surface area (Å²) in [4.78, 5) is 11.3. The van der Waals surface area contributed by atoms with Crippen LogP contribution in [-0.4, -0.2) is 23.3 Å². The third-order valence-corrected chi connectivity index (χ3v) is 5.41. The molecule has 19 heavy (non-hydrogen) atoms. The van der Waals surface area contributed by atoms with Crippen molar-refractivity contribution in [3.8, 4) is 0 Å². The zero-order valence-corrected chi connectivity index (χ0v) is 12.5. The molecule has 0 amide bonds. The standard InChI is InChI=1S/C15H22N2OS/c1-11(18)13-6-5-12(9-14(13)16)17-10-15(19-2)7-3-4-8-15/h5-6,9,17H,3-4,7-8,10,16H2,1-2H3. The number of nitrogens with one attached hydrogen (secondary N) is 1. The number of nitrogens with two attached hydrogens (primary N) is 1. The van der Waals surface area contributed by atoms with Crippen LogP contribution in [0.1, 0.15) is 43.0 Å². The Balaban J connectivity index is 2.03. The molecule has 0 aliphatic heterocycles. The first-order chi connectivity index (χ1) is 9.06. The molecule has 1 saturated carbocycles. The maximum atomic E-state index is 11.3. The normalized spacial score (nSPS) is 17.4. The molecule has 1 aliphatic carbocycles. The van der Waals surface area contributed by atoms with Crippen LogP contribution in [0.3, 0.4) is 0 Å². The summed E-state index contributed by atoms with van der Waals surface area (Å²) in [5.41, 5.74) is 8.07. The first kappa shape index (κ1) is 14.3. The summed E-state index contributed by atoms with van der Waals surface area (Å²) in [6.45, 7) is 2.51. The topological polar surface area (TPSA) is 55.1 Å². The minimum atomic E-state index is 0.0143. The van der Waals surface area contributed by atoms with Crippen molar-refractivity contribution in [2.45, 2.75) is 37.4 Å². The molecule has 0 heterocycles. The Morgan fingerprint density at radius 1 is 1.42 bits per heavy atom. The summed E-state index contributed by atoms with van der Waals surface area (Å²) in [6.07, 6.45) is 7.41. The highest BCUT2D eigenvalue weighted by Crippen LogP contribution is 2.40. The third kappa shape index (κ3) is 3.24. The van der Waals surface area contributed by atoms with Gasteiger partial charge >= 0.3 is 0 Å². The Labute approximate surface area is 119 Å². The largest absolute Gasteiger partial charge is 0.398 e. The average molecular weight is 278 g/mol. The zero-order valence-electron chi connectivity index (χ0n) is 11.7. The molecule has 3 N–H and O–H groups in total. The van der Waals surface area contributed by atoms with Crippen molar-refractivity contribution in [2.75, 3.05) is 23.9 Å². The van der Waals surface area contributed by atoms with Crippen molar-refractivity contribution in [1.82, 2.24) is 0 Å². The van der Waals surface area contributed by atoms with Gasteiger partial charge in [-0.1, -0.05) is 12.8 Å². The van der Waals surface area contributed by atoms with Crippen LogP contribution in [0.5, 0.6) is 0 Å². The number of anilines is 2. The fourth-order valence-electron chi connectivity index (χ4n) is 2.73. The molecule has 0 radical (unpaired) electrons. The Bertz CT molecular complexity index is 467. The monoisotopic (exact) mass is 278 g/mol. The molecule has 0 bridgehead atoms. The van der Waals surface area contributed by atoms with Crippen LogP contribution in [0.25, 0.3) is 0 Å². The highest BCUT2D eigenvalue weighted by atomic mass is 32.2. The lowest BCUT2D eigenvalue weighted by Gasteiger charge is -2.27. The molecule has 4 heteroatoms.